The molecule has 0 amide bonds. The van der Waals surface area contributed by atoms with Crippen molar-refractivity contribution in [2.24, 2.45) is 10.9 Å². The number of hydrogen-bond acceptors (Lipinski definition) is 2. The fraction of sp³-hybridized carbons (Fsp3) is 0.0656. The van der Waals surface area contributed by atoms with Gasteiger partial charge in [0, 0.05) is 22.4 Å². The standard InChI is InChI=1S/C61H44N2/c1-41-34-35-42-18-8-9-27-50(42)60(43-19-4-2-5-20-43)62-59(41)48-24-17-23-46(39-48)44-21-16-22-45(38-44)47-36-37-54-52(40-47)51-28-10-11-29-53(51)61(54)55-30-12-14-32-57(55)63(49-25-6-3-7-26-49)58-33-15-13-31-56(58)61/h2-33,35-41H,34H2,1H3/b42-35+,60-50-,62-59+. The summed E-state index contributed by atoms with van der Waals surface area (Å²) in [6.07, 6.45) is 3.30. The van der Waals surface area contributed by atoms with Crippen molar-refractivity contribution < 1.29 is 0 Å². The van der Waals surface area contributed by atoms with Gasteiger partial charge < -0.3 is 4.90 Å². The average Bonchev–Trinajstić information content (AvgIpc) is 3.64. The van der Waals surface area contributed by atoms with Crippen molar-refractivity contribution in [3.05, 3.63) is 268 Å². The van der Waals surface area contributed by atoms with E-state index in [1.165, 1.54) is 77.4 Å². The monoisotopic (exact) mass is 804 g/mol. The lowest BCUT2D eigenvalue weighted by atomic mass is 9.64. The number of aliphatic imine (C=N–C) groups is 1. The Bertz CT molecular complexity index is 3350. The molecule has 2 heteroatoms. The first-order valence-electron chi connectivity index (χ1n) is 22.1. The third kappa shape index (κ3) is 5.90. The number of rotatable bonds is 5. The lowest BCUT2D eigenvalue weighted by molar-refractivity contribution is 0.753. The van der Waals surface area contributed by atoms with Gasteiger partial charge >= 0.3 is 0 Å². The molecule has 0 fully saturated rings. The summed E-state index contributed by atoms with van der Waals surface area (Å²) in [5.41, 5.74) is 20.1. The summed E-state index contributed by atoms with van der Waals surface area (Å²) in [5, 5.41) is 2.41. The molecule has 2 nitrogen and oxygen atoms in total. The number of benzene rings is 9. The van der Waals surface area contributed by atoms with Crippen LogP contribution in [0.3, 0.4) is 0 Å². The molecule has 0 aromatic heterocycles. The molecule has 1 aliphatic carbocycles. The zero-order valence-corrected chi connectivity index (χ0v) is 35.1. The van der Waals surface area contributed by atoms with Crippen LogP contribution in [-0.2, 0) is 5.41 Å². The molecular weight excluding hydrogens is 761 g/mol. The fourth-order valence-electron chi connectivity index (χ4n) is 10.6. The second kappa shape index (κ2) is 15.0. The predicted molar refractivity (Wildman–Crippen MR) is 262 cm³/mol. The molecule has 12 rings (SSSR count). The summed E-state index contributed by atoms with van der Waals surface area (Å²) in [6, 6.07) is 82.4. The van der Waals surface area contributed by atoms with Crippen LogP contribution in [0.2, 0.25) is 0 Å². The molecule has 9 aromatic rings. The van der Waals surface area contributed by atoms with Gasteiger partial charge in [0.05, 0.1) is 28.2 Å². The Morgan fingerprint density at radius 1 is 0.429 bits per heavy atom. The van der Waals surface area contributed by atoms with Gasteiger partial charge in [0.15, 0.2) is 0 Å². The summed E-state index contributed by atoms with van der Waals surface area (Å²) in [6.45, 7) is 2.30. The van der Waals surface area contributed by atoms with Crippen LogP contribution in [-0.4, -0.2) is 5.71 Å². The molecule has 0 saturated heterocycles. The van der Waals surface area contributed by atoms with Gasteiger partial charge in [0.2, 0.25) is 0 Å². The van der Waals surface area contributed by atoms with Crippen molar-refractivity contribution in [1.82, 2.24) is 0 Å². The first-order valence-corrected chi connectivity index (χ1v) is 22.1. The van der Waals surface area contributed by atoms with Crippen LogP contribution in [0.15, 0.2) is 229 Å². The Morgan fingerprint density at radius 3 is 1.67 bits per heavy atom. The first kappa shape index (κ1) is 37.0. The minimum absolute atomic E-state index is 0.237. The van der Waals surface area contributed by atoms with Gasteiger partial charge in [-0.1, -0.05) is 195 Å². The summed E-state index contributed by atoms with van der Waals surface area (Å²) in [5.74, 6) is 0.237. The smallest absolute Gasteiger partial charge is 0.0783 e. The summed E-state index contributed by atoms with van der Waals surface area (Å²) in [7, 11) is 0. The third-order valence-electron chi connectivity index (χ3n) is 13.5. The van der Waals surface area contributed by atoms with Gasteiger partial charge in [-0.2, -0.15) is 0 Å². The molecule has 1 spiro atoms. The van der Waals surface area contributed by atoms with E-state index in [1.54, 1.807) is 0 Å². The maximum atomic E-state index is 5.54. The fourth-order valence-corrected chi connectivity index (χ4v) is 10.6. The zero-order valence-electron chi connectivity index (χ0n) is 35.1. The highest BCUT2D eigenvalue weighted by atomic mass is 15.2. The van der Waals surface area contributed by atoms with Gasteiger partial charge in [0.25, 0.3) is 0 Å². The Morgan fingerprint density at radius 2 is 0.952 bits per heavy atom. The molecular formula is C61H44N2. The van der Waals surface area contributed by atoms with Crippen LogP contribution in [0.25, 0.3) is 45.2 Å². The van der Waals surface area contributed by atoms with E-state index in [2.05, 4.69) is 242 Å². The van der Waals surface area contributed by atoms with Gasteiger partial charge in [-0.05, 0) is 115 Å². The van der Waals surface area contributed by atoms with E-state index < -0.39 is 5.41 Å². The number of anilines is 3. The van der Waals surface area contributed by atoms with Gasteiger partial charge in [-0.25, -0.2) is 0 Å². The Labute approximate surface area is 369 Å². The number of para-hydroxylation sites is 3. The lowest BCUT2D eigenvalue weighted by Crippen LogP contribution is -2.36. The van der Waals surface area contributed by atoms with Crippen LogP contribution in [0, 0.1) is 5.92 Å². The third-order valence-corrected chi connectivity index (χ3v) is 13.5. The largest absolute Gasteiger partial charge is 0.310 e. The summed E-state index contributed by atoms with van der Waals surface area (Å²) >= 11 is 0. The van der Waals surface area contributed by atoms with Crippen LogP contribution in [0.1, 0.15) is 46.7 Å². The SMILES string of the molecule is CC1C\C=c2/cccc/c2=C(c2ccccc2)/N=C\1c1cccc(-c2cccc(-c3ccc4c(c3)-c3ccccc3C43c4ccccc4N(c4ccccc4)c4ccccc43)c2)c1. The topological polar surface area (TPSA) is 15.6 Å². The van der Waals surface area contributed by atoms with E-state index in [1.807, 2.05) is 0 Å². The van der Waals surface area contributed by atoms with E-state index >= 15 is 0 Å². The van der Waals surface area contributed by atoms with Crippen LogP contribution in [0.5, 0.6) is 0 Å². The molecule has 0 bridgehead atoms. The highest BCUT2D eigenvalue weighted by molar-refractivity contribution is 6.06. The summed E-state index contributed by atoms with van der Waals surface area (Å²) in [4.78, 5) is 7.98. The molecule has 2 aliphatic heterocycles. The number of nitrogens with zero attached hydrogens (tertiary/aromatic N) is 2. The van der Waals surface area contributed by atoms with Crippen molar-refractivity contribution in [3.63, 3.8) is 0 Å². The van der Waals surface area contributed by atoms with Crippen LogP contribution in [0.4, 0.5) is 17.1 Å². The predicted octanol–water partition coefficient (Wildman–Crippen LogP) is 13.6. The van der Waals surface area contributed by atoms with Gasteiger partial charge in [0.1, 0.15) is 0 Å². The van der Waals surface area contributed by atoms with E-state index in [0.29, 0.717) is 0 Å². The highest BCUT2D eigenvalue weighted by Crippen LogP contribution is 2.63. The Hall–Kier alpha value is -7.81. The van der Waals surface area contributed by atoms with Gasteiger partial charge in [-0.3, -0.25) is 4.99 Å². The van der Waals surface area contributed by atoms with E-state index in [9.17, 15) is 0 Å². The van der Waals surface area contributed by atoms with E-state index in [4.69, 9.17) is 4.99 Å². The summed E-state index contributed by atoms with van der Waals surface area (Å²) < 4.78 is 0. The van der Waals surface area contributed by atoms with Crippen LogP contribution >= 0.6 is 0 Å². The second-order valence-corrected chi connectivity index (χ2v) is 17.1. The molecule has 298 valence electrons. The quantitative estimate of drug-likeness (QED) is 0.169. The van der Waals surface area contributed by atoms with E-state index in [-0.39, 0.29) is 5.92 Å². The van der Waals surface area contributed by atoms with Crippen molar-refractivity contribution in [3.8, 4) is 33.4 Å². The maximum Gasteiger partial charge on any atom is 0.0783 e. The molecule has 3 aliphatic rings. The van der Waals surface area contributed by atoms with Gasteiger partial charge in [-0.15, -0.1) is 0 Å². The minimum Gasteiger partial charge on any atom is -0.310 e. The zero-order chi connectivity index (χ0) is 41.9. The molecule has 1 atom stereocenters. The molecule has 9 aromatic carbocycles. The molecule has 2 heterocycles. The normalized spacial score (nSPS) is 17.7. The van der Waals surface area contributed by atoms with Crippen LogP contribution < -0.4 is 15.3 Å². The van der Waals surface area contributed by atoms with E-state index in [0.717, 1.165) is 34.6 Å². The Kier molecular flexibility index (Phi) is 8.79. The van der Waals surface area contributed by atoms with Crippen molar-refractivity contribution in [1.29, 1.82) is 0 Å². The highest BCUT2D eigenvalue weighted by Gasteiger charge is 2.51. The van der Waals surface area contributed by atoms with Crippen molar-refractivity contribution in [2.45, 2.75) is 18.8 Å². The minimum atomic E-state index is -0.472. The lowest BCUT2D eigenvalue weighted by Gasteiger charge is -2.45. The molecule has 0 saturated carbocycles. The second-order valence-electron chi connectivity index (χ2n) is 17.1. The average molecular weight is 805 g/mol. The maximum absolute atomic E-state index is 5.54. The molecule has 0 N–H and O–H groups in total. The Balaban J connectivity index is 0.970. The van der Waals surface area contributed by atoms with Crippen molar-refractivity contribution in [2.75, 3.05) is 4.90 Å². The number of fused-ring (bicyclic) bond motifs is 10. The van der Waals surface area contributed by atoms with Crippen molar-refractivity contribution >= 4 is 34.5 Å². The number of hydrogen-bond donors (Lipinski definition) is 0. The molecule has 63 heavy (non-hydrogen) atoms. The molecule has 1 unspecified atom stereocenters. The molecule has 0 radical (unpaired) electrons. The first-order chi connectivity index (χ1) is 31.2.